The minimum atomic E-state index is -3.67. The molecule has 1 atom stereocenters. The Kier molecular flexibility index (Phi) is 6.54. The highest BCUT2D eigenvalue weighted by Gasteiger charge is 2.28. The molecule has 1 fully saturated rings. The summed E-state index contributed by atoms with van der Waals surface area (Å²) in [5.41, 5.74) is 0.00141. The number of nitrogens with zero attached hydrogens (tertiary/aromatic N) is 1. The van der Waals surface area contributed by atoms with Gasteiger partial charge in [0, 0.05) is 25.2 Å². The Morgan fingerprint density at radius 3 is 2.48 bits per heavy atom. The Hall–Kier alpha value is -1.65. The maximum absolute atomic E-state index is 12.7. The molecule has 1 unspecified atom stereocenters. The number of sulfone groups is 1. The lowest BCUT2D eigenvalue weighted by molar-refractivity contribution is 0.491. The minimum absolute atomic E-state index is 0.0775. The number of hydrogen-bond donors (Lipinski definition) is 3. The van der Waals surface area contributed by atoms with Crippen LogP contribution in [0.15, 0.2) is 34.2 Å². The van der Waals surface area contributed by atoms with Crippen LogP contribution >= 0.6 is 0 Å². The van der Waals surface area contributed by atoms with Crippen molar-refractivity contribution in [3.05, 3.63) is 29.8 Å². The molecule has 1 aromatic rings. The van der Waals surface area contributed by atoms with Gasteiger partial charge >= 0.3 is 0 Å². The van der Waals surface area contributed by atoms with Gasteiger partial charge in [0.25, 0.3) is 0 Å². The van der Waals surface area contributed by atoms with Crippen LogP contribution in [0.3, 0.4) is 0 Å². The molecule has 2 rings (SSSR count). The Balaban J connectivity index is 2.09. The lowest BCUT2D eigenvalue weighted by Gasteiger charge is -2.22. The highest BCUT2D eigenvalue weighted by atomic mass is 32.2. The van der Waals surface area contributed by atoms with Gasteiger partial charge in [-0.3, -0.25) is 4.99 Å². The standard InChI is InChI=1S/C17H28N4O4S2/c1-17(2,3)21-27(24,25)15-8-6-5-7-13(15)11-19-16(18-4)20-14-9-10-26(22,23)12-14/h5-8,14,21H,9-12H2,1-4H3,(H2,18,19,20). The van der Waals surface area contributed by atoms with Crippen LogP contribution in [0.4, 0.5) is 0 Å². The molecule has 0 aliphatic carbocycles. The number of aliphatic imine (C=N–C) groups is 1. The zero-order valence-electron chi connectivity index (χ0n) is 16.1. The van der Waals surface area contributed by atoms with E-state index >= 15 is 0 Å². The van der Waals surface area contributed by atoms with Crippen LogP contribution < -0.4 is 15.4 Å². The minimum Gasteiger partial charge on any atom is -0.353 e. The number of nitrogens with one attached hydrogen (secondary N) is 3. The maximum Gasteiger partial charge on any atom is 0.241 e. The normalized spacial score (nSPS) is 20.4. The second-order valence-electron chi connectivity index (χ2n) is 7.63. The van der Waals surface area contributed by atoms with Crippen molar-refractivity contribution in [2.45, 2.75) is 50.2 Å². The number of rotatable bonds is 5. The zero-order valence-corrected chi connectivity index (χ0v) is 17.7. The van der Waals surface area contributed by atoms with Gasteiger partial charge in [0.05, 0.1) is 16.4 Å². The molecule has 1 aliphatic heterocycles. The van der Waals surface area contributed by atoms with E-state index in [-0.39, 0.29) is 29.0 Å². The Bertz CT molecular complexity index is 903. The monoisotopic (exact) mass is 416 g/mol. The molecule has 1 aliphatic rings. The molecule has 10 heteroatoms. The molecule has 8 nitrogen and oxygen atoms in total. The second-order valence-corrected chi connectivity index (χ2v) is 11.5. The Morgan fingerprint density at radius 1 is 1.26 bits per heavy atom. The van der Waals surface area contributed by atoms with Gasteiger partial charge < -0.3 is 10.6 Å². The third kappa shape index (κ3) is 6.47. The van der Waals surface area contributed by atoms with Crippen molar-refractivity contribution in [1.29, 1.82) is 0 Å². The van der Waals surface area contributed by atoms with E-state index in [0.717, 1.165) is 0 Å². The van der Waals surface area contributed by atoms with Crippen molar-refractivity contribution in [2.75, 3.05) is 18.6 Å². The Morgan fingerprint density at radius 2 is 1.93 bits per heavy atom. The lowest BCUT2D eigenvalue weighted by atomic mass is 10.1. The number of sulfonamides is 1. The molecule has 0 aromatic heterocycles. The van der Waals surface area contributed by atoms with E-state index in [0.29, 0.717) is 17.9 Å². The van der Waals surface area contributed by atoms with E-state index < -0.39 is 25.4 Å². The molecule has 1 aromatic carbocycles. The third-order valence-corrected chi connectivity index (χ3v) is 7.57. The number of benzene rings is 1. The van der Waals surface area contributed by atoms with E-state index in [9.17, 15) is 16.8 Å². The van der Waals surface area contributed by atoms with Gasteiger partial charge in [0.15, 0.2) is 15.8 Å². The van der Waals surface area contributed by atoms with Crippen molar-refractivity contribution in [3.63, 3.8) is 0 Å². The number of guanidine groups is 1. The molecule has 0 amide bonds. The highest BCUT2D eigenvalue weighted by molar-refractivity contribution is 7.91. The van der Waals surface area contributed by atoms with Gasteiger partial charge in [0.1, 0.15) is 0 Å². The fourth-order valence-electron chi connectivity index (χ4n) is 2.85. The molecule has 1 heterocycles. The first-order valence-electron chi connectivity index (χ1n) is 8.71. The first-order chi connectivity index (χ1) is 12.4. The van der Waals surface area contributed by atoms with Crippen molar-refractivity contribution in [2.24, 2.45) is 4.99 Å². The molecule has 0 radical (unpaired) electrons. The summed E-state index contributed by atoms with van der Waals surface area (Å²) in [5.74, 6) is 0.683. The fraction of sp³-hybridized carbons (Fsp3) is 0.588. The van der Waals surface area contributed by atoms with E-state index in [2.05, 4.69) is 20.3 Å². The molecule has 0 bridgehead atoms. The van der Waals surface area contributed by atoms with Crippen LogP contribution in [-0.4, -0.2) is 52.9 Å². The van der Waals surface area contributed by atoms with Crippen LogP contribution in [0.5, 0.6) is 0 Å². The molecule has 1 saturated heterocycles. The average molecular weight is 417 g/mol. The second kappa shape index (κ2) is 8.15. The quantitative estimate of drug-likeness (QED) is 0.478. The molecular weight excluding hydrogens is 388 g/mol. The predicted octanol–water partition coefficient (Wildman–Crippen LogP) is 0.616. The van der Waals surface area contributed by atoms with Crippen molar-refractivity contribution >= 4 is 25.8 Å². The smallest absolute Gasteiger partial charge is 0.241 e. The fourth-order valence-corrected chi connectivity index (χ4v) is 6.18. The summed E-state index contributed by atoms with van der Waals surface area (Å²) in [6.45, 7) is 5.59. The summed E-state index contributed by atoms with van der Waals surface area (Å²) < 4.78 is 51.2. The zero-order chi connectivity index (χ0) is 20.3. The molecule has 0 spiro atoms. The highest BCUT2D eigenvalue weighted by Crippen LogP contribution is 2.18. The van der Waals surface area contributed by atoms with Crippen LogP contribution in [0.1, 0.15) is 32.8 Å². The summed E-state index contributed by atoms with van der Waals surface area (Å²) in [4.78, 5) is 4.30. The molecular formula is C17H28N4O4S2. The summed E-state index contributed by atoms with van der Waals surface area (Å²) >= 11 is 0. The lowest BCUT2D eigenvalue weighted by Crippen LogP contribution is -2.44. The topological polar surface area (TPSA) is 117 Å². The summed E-state index contributed by atoms with van der Waals surface area (Å²) in [5, 5.41) is 6.15. The van der Waals surface area contributed by atoms with E-state index in [1.807, 2.05) is 0 Å². The summed E-state index contributed by atoms with van der Waals surface area (Å²) in [7, 11) is -5.08. The third-order valence-electron chi connectivity index (χ3n) is 3.95. The summed E-state index contributed by atoms with van der Waals surface area (Å²) in [6.07, 6.45) is 0.531. The van der Waals surface area contributed by atoms with Gasteiger partial charge in [-0.25, -0.2) is 21.6 Å². The predicted molar refractivity (Wildman–Crippen MR) is 107 cm³/mol. The molecule has 152 valence electrons. The maximum atomic E-state index is 12.7. The van der Waals surface area contributed by atoms with Crippen LogP contribution in [0, 0.1) is 0 Å². The van der Waals surface area contributed by atoms with Gasteiger partial charge in [0.2, 0.25) is 10.0 Å². The van der Waals surface area contributed by atoms with Crippen molar-refractivity contribution in [1.82, 2.24) is 15.4 Å². The van der Waals surface area contributed by atoms with Gasteiger partial charge in [-0.15, -0.1) is 0 Å². The van der Waals surface area contributed by atoms with Gasteiger partial charge in [-0.2, -0.15) is 0 Å². The number of hydrogen-bond acceptors (Lipinski definition) is 5. The van der Waals surface area contributed by atoms with Crippen LogP contribution in [0.25, 0.3) is 0 Å². The molecule has 27 heavy (non-hydrogen) atoms. The van der Waals surface area contributed by atoms with E-state index in [4.69, 9.17) is 0 Å². The first-order valence-corrected chi connectivity index (χ1v) is 12.0. The van der Waals surface area contributed by atoms with Crippen molar-refractivity contribution in [3.8, 4) is 0 Å². The van der Waals surface area contributed by atoms with Gasteiger partial charge in [-0.05, 0) is 38.8 Å². The van der Waals surface area contributed by atoms with E-state index in [1.54, 1.807) is 52.1 Å². The Labute approximate surface area is 161 Å². The molecule has 3 N–H and O–H groups in total. The van der Waals surface area contributed by atoms with E-state index in [1.165, 1.54) is 0 Å². The average Bonchev–Trinajstić information content (AvgIpc) is 2.88. The first kappa shape index (κ1) is 21.6. The SMILES string of the molecule is CN=C(NCc1ccccc1S(=O)(=O)NC(C)(C)C)NC1CCS(=O)(=O)C1. The van der Waals surface area contributed by atoms with Gasteiger partial charge in [-0.1, -0.05) is 18.2 Å². The van der Waals surface area contributed by atoms with Crippen molar-refractivity contribution < 1.29 is 16.8 Å². The molecule has 0 saturated carbocycles. The van der Waals surface area contributed by atoms with Crippen LogP contribution in [0.2, 0.25) is 0 Å². The summed E-state index contributed by atoms with van der Waals surface area (Å²) in [6, 6.07) is 6.55. The van der Waals surface area contributed by atoms with Crippen LogP contribution in [-0.2, 0) is 26.4 Å². The largest absolute Gasteiger partial charge is 0.353 e.